The van der Waals surface area contributed by atoms with Crippen LogP contribution >= 0.6 is 0 Å². The molecular weight excluding hydrogens is 933 g/mol. The van der Waals surface area contributed by atoms with Crippen molar-refractivity contribution in [2.45, 2.75) is 269 Å². The number of hydrogen-bond acceptors (Lipinski definition) is 11. The molecule has 0 radical (unpaired) electrons. The zero-order chi connectivity index (χ0) is 52.4. The van der Waals surface area contributed by atoms with Gasteiger partial charge in [0, 0.05) is 13.0 Å². The lowest BCUT2D eigenvalue weighted by Crippen LogP contribution is -2.60. The minimum Gasteiger partial charge on any atom is -0.457 e. The van der Waals surface area contributed by atoms with E-state index in [0.29, 0.717) is 13.0 Å². The topological polar surface area (TPSA) is 178 Å². The molecule has 1 saturated heterocycles. The fourth-order valence-electron chi connectivity index (χ4n) is 8.56. The Morgan fingerprint density at radius 3 is 1.40 bits per heavy atom. The van der Waals surface area contributed by atoms with E-state index in [1.165, 1.54) is 109 Å². The van der Waals surface area contributed by atoms with Crippen molar-refractivity contribution in [3.8, 4) is 0 Å². The lowest BCUT2D eigenvalue weighted by atomic mass is 9.99. The second-order valence-electron chi connectivity index (χ2n) is 19.5. The Kier molecular flexibility index (Phi) is 46.4. The number of aliphatic hydroxyl groups is 3. The van der Waals surface area contributed by atoms with E-state index in [4.69, 9.17) is 18.9 Å². The van der Waals surface area contributed by atoms with Crippen LogP contribution in [0.3, 0.4) is 0 Å². The molecule has 0 aromatic heterocycles. The van der Waals surface area contributed by atoms with E-state index in [0.717, 1.165) is 96.3 Å². The number of esters is 1. The van der Waals surface area contributed by atoms with Crippen molar-refractivity contribution in [2.75, 3.05) is 26.4 Å². The average molecular weight is 1040 g/mol. The molecule has 6 atom stereocenters. The third kappa shape index (κ3) is 41.8. The van der Waals surface area contributed by atoms with Gasteiger partial charge in [0.15, 0.2) is 6.29 Å². The van der Waals surface area contributed by atoms with Crippen LogP contribution in [-0.2, 0) is 38.3 Å². The van der Waals surface area contributed by atoms with Gasteiger partial charge in [-0.25, -0.2) is 4.18 Å². The van der Waals surface area contributed by atoms with Gasteiger partial charge < -0.3 is 34.3 Å². The molecule has 1 rings (SSSR count). The Bertz CT molecular complexity index is 1520. The normalized spacial score (nSPS) is 19.4. The summed E-state index contributed by atoms with van der Waals surface area (Å²) in [5.74, 6) is -0.412. The van der Waals surface area contributed by atoms with Crippen molar-refractivity contribution in [1.29, 1.82) is 0 Å². The molecule has 0 aromatic carbocycles. The maximum absolute atomic E-state index is 13.0. The zero-order valence-electron chi connectivity index (χ0n) is 45.2. The molecule has 13 heteroatoms. The molecule has 0 spiro atoms. The van der Waals surface area contributed by atoms with Gasteiger partial charge in [-0.05, 0) is 64.2 Å². The molecule has 0 amide bonds. The first kappa shape index (κ1) is 67.6. The minimum atomic E-state index is -5.07. The molecule has 418 valence electrons. The van der Waals surface area contributed by atoms with Crippen LogP contribution in [0.15, 0.2) is 72.9 Å². The number of carbonyl (C=O) groups excluding carboxylic acids is 1. The highest BCUT2D eigenvalue weighted by Crippen LogP contribution is 2.26. The highest BCUT2D eigenvalue weighted by molar-refractivity contribution is 7.80. The van der Waals surface area contributed by atoms with Gasteiger partial charge >= 0.3 is 16.4 Å². The minimum absolute atomic E-state index is 0.0292. The van der Waals surface area contributed by atoms with Crippen LogP contribution in [0.25, 0.3) is 0 Å². The molecule has 0 saturated carbocycles. The van der Waals surface area contributed by atoms with Crippen LogP contribution in [0, 0.1) is 0 Å². The van der Waals surface area contributed by atoms with Crippen molar-refractivity contribution < 1.29 is 56.2 Å². The molecule has 1 heterocycles. The molecule has 1 aliphatic rings. The molecular formula is C59H104O12S. The molecule has 72 heavy (non-hydrogen) atoms. The molecule has 1 aliphatic heterocycles. The summed E-state index contributed by atoms with van der Waals surface area (Å²) in [4.78, 5) is 13.0. The summed E-state index contributed by atoms with van der Waals surface area (Å²) < 4.78 is 59.4. The van der Waals surface area contributed by atoms with Crippen molar-refractivity contribution in [3.63, 3.8) is 0 Å². The van der Waals surface area contributed by atoms with Gasteiger partial charge in [-0.15, -0.1) is 0 Å². The number of aliphatic hydroxyl groups excluding tert-OH is 3. The van der Waals surface area contributed by atoms with E-state index in [-0.39, 0.29) is 19.6 Å². The first-order valence-corrected chi connectivity index (χ1v) is 30.1. The number of hydrogen-bond donors (Lipinski definition) is 4. The third-order valence-corrected chi connectivity index (χ3v) is 13.3. The van der Waals surface area contributed by atoms with E-state index in [9.17, 15) is 33.1 Å². The van der Waals surface area contributed by atoms with Gasteiger partial charge in [-0.3, -0.25) is 9.35 Å². The van der Waals surface area contributed by atoms with Crippen molar-refractivity contribution in [2.24, 2.45) is 0 Å². The maximum atomic E-state index is 13.0. The van der Waals surface area contributed by atoms with Gasteiger partial charge in [0.25, 0.3) is 0 Å². The van der Waals surface area contributed by atoms with Crippen LogP contribution in [-0.4, -0.2) is 97.5 Å². The van der Waals surface area contributed by atoms with E-state index >= 15 is 0 Å². The van der Waals surface area contributed by atoms with Crippen LogP contribution in [0.5, 0.6) is 0 Å². The van der Waals surface area contributed by atoms with Crippen LogP contribution in [0.2, 0.25) is 0 Å². The quantitative estimate of drug-likeness (QED) is 0.0196. The largest absolute Gasteiger partial charge is 0.457 e. The average Bonchev–Trinajstić information content (AvgIpc) is 3.36. The van der Waals surface area contributed by atoms with Crippen LogP contribution in [0.1, 0.15) is 232 Å². The highest BCUT2D eigenvalue weighted by Gasteiger charge is 2.48. The number of unbranched alkanes of at least 4 members (excludes halogenated alkanes) is 25. The maximum Gasteiger partial charge on any atom is 0.397 e. The van der Waals surface area contributed by atoms with E-state index in [1.54, 1.807) is 0 Å². The van der Waals surface area contributed by atoms with Gasteiger partial charge in [0.05, 0.1) is 19.8 Å². The van der Waals surface area contributed by atoms with Gasteiger partial charge in [0.1, 0.15) is 30.5 Å². The smallest absolute Gasteiger partial charge is 0.397 e. The number of ether oxygens (including phenoxy) is 4. The second-order valence-corrected chi connectivity index (χ2v) is 20.6. The first-order chi connectivity index (χ1) is 35.1. The Balaban J connectivity index is 2.32. The number of carbonyl (C=O) groups is 1. The molecule has 6 unspecified atom stereocenters. The Morgan fingerprint density at radius 2 is 0.958 bits per heavy atom. The van der Waals surface area contributed by atoms with Crippen molar-refractivity contribution >= 4 is 16.4 Å². The zero-order valence-corrected chi connectivity index (χ0v) is 46.0. The Hall–Kier alpha value is -2.46. The lowest BCUT2D eigenvalue weighted by Gasteiger charge is -2.41. The predicted octanol–water partition coefficient (Wildman–Crippen LogP) is 14.2. The van der Waals surface area contributed by atoms with Crippen LogP contribution in [0.4, 0.5) is 0 Å². The van der Waals surface area contributed by atoms with Gasteiger partial charge in [-0.2, -0.15) is 8.42 Å². The molecule has 0 bridgehead atoms. The summed E-state index contributed by atoms with van der Waals surface area (Å²) in [5.41, 5.74) is 0. The fraction of sp³-hybridized carbons (Fsp3) is 0.780. The second kappa shape index (κ2) is 49.4. The standard InChI is InChI=1S/C59H104O12S/c1-3-5-7-9-11-13-15-17-19-21-23-25-26-27-28-29-30-32-34-36-38-40-42-44-46-48-55(61)69-53(52-68-59-57(63)58(71-72(64,65)66)56(62)54(50-60)70-59)51-67-49-47-45-43-41-39-37-35-33-31-24-22-20-18-16-14-12-10-8-6-4-2/h5,7,11,13,17,19,23,25,27-28,30,32,53-54,56-60,62-63H,3-4,6,8-10,12,14-16,18,20-22,24,26,29,31,33-52H2,1-2H3,(H,64,65,66)/b7-5-,13-11-,19-17-,25-23-,28-27-,32-30-. The third-order valence-electron chi connectivity index (χ3n) is 12.8. The summed E-state index contributed by atoms with van der Waals surface area (Å²) >= 11 is 0. The van der Waals surface area contributed by atoms with Crippen molar-refractivity contribution in [1.82, 2.24) is 0 Å². The predicted molar refractivity (Wildman–Crippen MR) is 294 cm³/mol. The summed E-state index contributed by atoms with van der Waals surface area (Å²) in [6.07, 6.45) is 56.5. The van der Waals surface area contributed by atoms with E-state index in [2.05, 4.69) is 90.9 Å². The summed E-state index contributed by atoms with van der Waals surface area (Å²) in [6.45, 7) is 3.89. The van der Waals surface area contributed by atoms with Gasteiger partial charge in [0.2, 0.25) is 0 Å². The van der Waals surface area contributed by atoms with Crippen molar-refractivity contribution in [3.05, 3.63) is 72.9 Å². The molecule has 12 nitrogen and oxygen atoms in total. The molecule has 0 aliphatic carbocycles. The summed E-state index contributed by atoms with van der Waals surface area (Å²) in [5, 5.41) is 30.8. The highest BCUT2D eigenvalue weighted by atomic mass is 32.3. The van der Waals surface area contributed by atoms with Crippen LogP contribution < -0.4 is 0 Å². The summed E-state index contributed by atoms with van der Waals surface area (Å²) in [6, 6.07) is 0. The van der Waals surface area contributed by atoms with E-state index < -0.39 is 59.8 Å². The molecule has 4 N–H and O–H groups in total. The monoisotopic (exact) mass is 1040 g/mol. The number of allylic oxidation sites excluding steroid dienone is 12. The molecule has 1 fully saturated rings. The molecule has 0 aromatic rings. The Labute approximate surface area is 439 Å². The SMILES string of the molecule is CC/C=C\C/C=C\C/C=C\C/C=C\C/C=C\C/C=C\CCCCCCCCC(=O)OC(COCCCCCCCCCCCCCCCCCCCCCC)COC1OC(CO)C(O)C(OS(=O)(=O)O)C1O. The summed E-state index contributed by atoms with van der Waals surface area (Å²) in [7, 11) is -5.07. The van der Waals surface area contributed by atoms with E-state index in [1.807, 2.05) is 0 Å². The lowest BCUT2D eigenvalue weighted by molar-refractivity contribution is -0.301. The Morgan fingerprint density at radius 1 is 0.542 bits per heavy atom. The fourth-order valence-corrected chi connectivity index (χ4v) is 9.07. The number of rotatable bonds is 50. The first-order valence-electron chi connectivity index (χ1n) is 28.7. The van der Waals surface area contributed by atoms with Gasteiger partial charge in [-0.1, -0.05) is 234 Å².